The molecule has 1 N–H and O–H groups in total. The minimum atomic E-state index is -0.248. The average molecular weight is 335 g/mol. The minimum Gasteiger partial charge on any atom is -0.374 e. The molecule has 1 aromatic rings. The highest BCUT2D eigenvalue weighted by atomic mass is 19.1. The molecule has 2 aliphatic rings. The lowest BCUT2D eigenvalue weighted by atomic mass is 10.2. The van der Waals surface area contributed by atoms with E-state index < -0.39 is 0 Å². The second-order valence-corrected chi connectivity index (χ2v) is 6.73. The van der Waals surface area contributed by atoms with Crippen LogP contribution in [0.4, 0.5) is 4.39 Å². The third kappa shape index (κ3) is 4.75. The molecular weight excluding hydrogens is 309 g/mol. The van der Waals surface area contributed by atoms with E-state index in [0.717, 1.165) is 32.5 Å². The highest BCUT2D eigenvalue weighted by Crippen LogP contribution is 2.28. The fraction of sp³-hybridized carbons (Fsp3) is 0.611. The number of hydrogen-bond acceptors (Lipinski definition) is 4. The summed E-state index contributed by atoms with van der Waals surface area (Å²) in [6, 6.07) is 6.93. The number of nitrogens with zero attached hydrogens (tertiary/aromatic N) is 2. The second kappa shape index (κ2) is 8.05. The van der Waals surface area contributed by atoms with Gasteiger partial charge in [-0.25, -0.2) is 4.39 Å². The molecule has 24 heavy (non-hydrogen) atoms. The Hall–Kier alpha value is -1.50. The first-order chi connectivity index (χ1) is 11.6. The van der Waals surface area contributed by atoms with Crippen molar-refractivity contribution in [1.29, 1.82) is 0 Å². The molecule has 1 saturated heterocycles. The van der Waals surface area contributed by atoms with Gasteiger partial charge in [-0.3, -0.25) is 4.79 Å². The first-order valence-corrected chi connectivity index (χ1v) is 8.67. The third-order valence-corrected chi connectivity index (χ3v) is 4.60. The molecule has 1 aromatic carbocycles. The average Bonchev–Trinajstić information content (AvgIpc) is 3.39. The van der Waals surface area contributed by atoms with Crippen LogP contribution in [0.15, 0.2) is 24.3 Å². The number of benzene rings is 1. The van der Waals surface area contributed by atoms with Gasteiger partial charge in [-0.15, -0.1) is 0 Å². The number of rotatable bonds is 7. The van der Waals surface area contributed by atoms with Gasteiger partial charge in [0.1, 0.15) is 5.82 Å². The first kappa shape index (κ1) is 17.3. The van der Waals surface area contributed by atoms with Crippen molar-refractivity contribution in [3.8, 4) is 0 Å². The van der Waals surface area contributed by atoms with Crippen LogP contribution in [0.2, 0.25) is 0 Å². The Bertz CT molecular complexity index is 565. The van der Waals surface area contributed by atoms with Gasteiger partial charge in [-0.2, -0.15) is 0 Å². The van der Waals surface area contributed by atoms with Crippen molar-refractivity contribution in [1.82, 2.24) is 15.1 Å². The van der Waals surface area contributed by atoms with Gasteiger partial charge < -0.3 is 19.9 Å². The Labute approximate surface area is 142 Å². The zero-order chi connectivity index (χ0) is 16.9. The molecule has 1 saturated carbocycles. The summed E-state index contributed by atoms with van der Waals surface area (Å²) in [4.78, 5) is 16.6. The predicted molar refractivity (Wildman–Crippen MR) is 90.1 cm³/mol. The first-order valence-electron chi connectivity index (χ1n) is 8.67. The maximum absolute atomic E-state index is 13.9. The van der Waals surface area contributed by atoms with Crippen molar-refractivity contribution in [3.63, 3.8) is 0 Å². The minimum absolute atomic E-state index is 0.0323. The van der Waals surface area contributed by atoms with Gasteiger partial charge in [0.05, 0.1) is 19.3 Å². The Morgan fingerprint density at radius 3 is 2.92 bits per heavy atom. The van der Waals surface area contributed by atoms with Crippen molar-refractivity contribution in [3.05, 3.63) is 35.6 Å². The lowest BCUT2D eigenvalue weighted by Gasteiger charge is -2.30. The van der Waals surface area contributed by atoms with Crippen molar-refractivity contribution < 1.29 is 13.9 Å². The topological polar surface area (TPSA) is 44.8 Å². The monoisotopic (exact) mass is 335 g/mol. The Balaban J connectivity index is 1.49. The standard InChI is InChI=1S/C18H26FN3O2/c1-21-8-9-24-16(13-21)10-20-11-18(23)22(15-6-7-15)12-14-4-2-3-5-17(14)19/h2-5,15-16,20H,6-13H2,1H3/t16-/m1/s1. The summed E-state index contributed by atoms with van der Waals surface area (Å²) in [6.45, 7) is 3.85. The fourth-order valence-electron chi connectivity index (χ4n) is 3.05. The maximum Gasteiger partial charge on any atom is 0.237 e. The molecule has 1 heterocycles. The summed E-state index contributed by atoms with van der Waals surface area (Å²) in [5.41, 5.74) is 0.579. The molecule has 5 nitrogen and oxygen atoms in total. The molecule has 1 amide bonds. The van der Waals surface area contributed by atoms with Crippen LogP contribution in [-0.2, 0) is 16.1 Å². The van der Waals surface area contributed by atoms with E-state index in [-0.39, 0.29) is 30.4 Å². The fourth-order valence-corrected chi connectivity index (χ4v) is 3.05. The van der Waals surface area contributed by atoms with Crippen LogP contribution < -0.4 is 5.32 Å². The molecule has 6 heteroatoms. The number of carbonyl (C=O) groups is 1. The van der Waals surface area contributed by atoms with E-state index in [4.69, 9.17) is 4.74 Å². The molecule has 0 radical (unpaired) electrons. The largest absolute Gasteiger partial charge is 0.374 e. The number of likely N-dealkylation sites (N-methyl/N-ethyl adjacent to an activating group) is 1. The predicted octanol–water partition coefficient (Wildman–Crippen LogP) is 1.24. The van der Waals surface area contributed by atoms with Gasteiger partial charge >= 0.3 is 0 Å². The Kier molecular flexibility index (Phi) is 5.81. The van der Waals surface area contributed by atoms with Crippen LogP contribution in [0, 0.1) is 5.82 Å². The summed E-state index contributed by atoms with van der Waals surface area (Å²) < 4.78 is 19.5. The number of ether oxygens (including phenoxy) is 1. The molecule has 2 fully saturated rings. The van der Waals surface area contributed by atoms with Crippen molar-refractivity contribution in [2.24, 2.45) is 0 Å². The van der Waals surface area contributed by atoms with E-state index in [0.29, 0.717) is 18.7 Å². The van der Waals surface area contributed by atoms with Crippen LogP contribution in [0.25, 0.3) is 0 Å². The zero-order valence-electron chi connectivity index (χ0n) is 14.2. The third-order valence-electron chi connectivity index (χ3n) is 4.60. The van der Waals surface area contributed by atoms with Crippen LogP contribution in [0.3, 0.4) is 0 Å². The number of hydrogen-bond donors (Lipinski definition) is 1. The Morgan fingerprint density at radius 1 is 1.42 bits per heavy atom. The molecule has 0 bridgehead atoms. The van der Waals surface area contributed by atoms with E-state index in [9.17, 15) is 9.18 Å². The highest BCUT2D eigenvalue weighted by Gasteiger charge is 2.32. The van der Waals surface area contributed by atoms with Crippen LogP contribution in [0.5, 0.6) is 0 Å². The van der Waals surface area contributed by atoms with Gasteiger partial charge in [-0.1, -0.05) is 18.2 Å². The van der Waals surface area contributed by atoms with Gasteiger partial charge in [0.25, 0.3) is 0 Å². The Morgan fingerprint density at radius 2 is 2.21 bits per heavy atom. The van der Waals surface area contributed by atoms with Gasteiger partial charge in [-0.05, 0) is 26.0 Å². The van der Waals surface area contributed by atoms with E-state index in [1.54, 1.807) is 17.0 Å². The van der Waals surface area contributed by atoms with E-state index in [1.807, 2.05) is 6.07 Å². The summed E-state index contributed by atoms with van der Waals surface area (Å²) in [5.74, 6) is -0.215. The molecule has 1 aliphatic heterocycles. The normalized spacial score (nSPS) is 21.7. The van der Waals surface area contributed by atoms with Crippen molar-refractivity contribution in [2.75, 3.05) is 39.8 Å². The summed E-state index contributed by atoms with van der Waals surface area (Å²) >= 11 is 0. The van der Waals surface area contributed by atoms with E-state index in [1.165, 1.54) is 6.07 Å². The lowest BCUT2D eigenvalue weighted by molar-refractivity contribution is -0.131. The SMILES string of the molecule is CN1CCO[C@H](CNCC(=O)N(Cc2ccccc2F)C2CC2)C1. The van der Waals surface area contributed by atoms with Gasteiger partial charge in [0, 0.05) is 37.8 Å². The van der Waals surface area contributed by atoms with Crippen LogP contribution >= 0.6 is 0 Å². The molecule has 0 spiro atoms. The number of amides is 1. The van der Waals surface area contributed by atoms with Gasteiger partial charge in [0.15, 0.2) is 0 Å². The molecule has 3 rings (SSSR count). The quantitative estimate of drug-likeness (QED) is 0.814. The molecule has 1 aliphatic carbocycles. The van der Waals surface area contributed by atoms with Crippen LogP contribution in [-0.4, -0.2) is 67.7 Å². The number of nitrogens with one attached hydrogen (secondary N) is 1. The molecule has 1 atom stereocenters. The van der Waals surface area contributed by atoms with Crippen LogP contribution in [0.1, 0.15) is 18.4 Å². The number of morpholine rings is 1. The summed E-state index contributed by atoms with van der Waals surface area (Å²) in [7, 11) is 2.07. The van der Waals surface area contributed by atoms with E-state index in [2.05, 4.69) is 17.3 Å². The zero-order valence-corrected chi connectivity index (χ0v) is 14.2. The molecular formula is C18H26FN3O2. The molecule has 132 valence electrons. The highest BCUT2D eigenvalue weighted by molar-refractivity contribution is 5.79. The van der Waals surface area contributed by atoms with Gasteiger partial charge in [0.2, 0.25) is 5.91 Å². The maximum atomic E-state index is 13.9. The molecule has 0 aromatic heterocycles. The number of carbonyl (C=O) groups excluding carboxylic acids is 1. The summed E-state index contributed by atoms with van der Waals surface area (Å²) in [5, 5.41) is 3.20. The van der Waals surface area contributed by atoms with E-state index >= 15 is 0 Å². The van der Waals surface area contributed by atoms with Crippen molar-refractivity contribution in [2.45, 2.75) is 31.5 Å². The molecule has 0 unspecified atom stereocenters. The smallest absolute Gasteiger partial charge is 0.237 e. The summed E-state index contributed by atoms with van der Waals surface area (Å²) in [6.07, 6.45) is 2.14. The second-order valence-electron chi connectivity index (χ2n) is 6.73. The lowest BCUT2D eigenvalue weighted by Crippen LogP contribution is -2.47. The van der Waals surface area contributed by atoms with Crippen molar-refractivity contribution >= 4 is 5.91 Å². The number of halogens is 1.